The van der Waals surface area contributed by atoms with Crippen LogP contribution in [0.5, 0.6) is 0 Å². The highest BCUT2D eigenvalue weighted by Gasteiger charge is 2.31. The van der Waals surface area contributed by atoms with E-state index in [9.17, 15) is 13.2 Å². The Morgan fingerprint density at radius 2 is 1.33 bits per heavy atom. The minimum absolute atomic E-state index is 0.0338. The van der Waals surface area contributed by atoms with Gasteiger partial charge < -0.3 is 10.3 Å². The molecule has 0 bridgehead atoms. The Morgan fingerprint density at radius 1 is 0.833 bits per heavy atom. The van der Waals surface area contributed by atoms with Crippen molar-refractivity contribution in [3.8, 4) is 5.69 Å². The molecular weight excluding hydrogens is 461 g/mol. The Morgan fingerprint density at radius 3 is 1.78 bits per heavy atom. The fourth-order valence-electron chi connectivity index (χ4n) is 4.25. The number of nitrogens with two attached hydrogens (primary N) is 1. The van der Waals surface area contributed by atoms with Crippen molar-refractivity contribution in [2.24, 2.45) is 5.73 Å². The van der Waals surface area contributed by atoms with E-state index in [0.29, 0.717) is 11.8 Å². The molecule has 0 radical (unpaired) electrons. The number of nitrogens with zero attached hydrogens (tertiary/aromatic N) is 2. The second-order valence-electron chi connectivity index (χ2n) is 11.2. The van der Waals surface area contributed by atoms with Crippen LogP contribution in [-0.4, -0.2) is 21.4 Å². The Kier molecular flexibility index (Phi) is 6.02. The summed E-state index contributed by atoms with van der Waals surface area (Å²) in [5, 5.41) is 10.3. The first-order valence-electron chi connectivity index (χ1n) is 11.8. The number of aromatic nitrogens is 2. The summed E-state index contributed by atoms with van der Waals surface area (Å²) in [6.45, 7) is 13.1. The van der Waals surface area contributed by atoms with Crippen molar-refractivity contribution >= 4 is 27.5 Å². The number of benzene rings is 2. The van der Waals surface area contributed by atoms with Crippen molar-refractivity contribution in [1.82, 2.24) is 9.55 Å². The predicted octanol–water partition coefficient (Wildman–Crippen LogP) is 7.55. The van der Waals surface area contributed by atoms with E-state index in [2.05, 4.69) is 87.5 Å². The first-order valence-corrected chi connectivity index (χ1v) is 11.8. The maximum atomic E-state index is 12.9. The molecule has 4 aromatic rings. The molecule has 188 valence electrons. The van der Waals surface area contributed by atoms with E-state index >= 15 is 0 Å². The van der Waals surface area contributed by atoms with Crippen molar-refractivity contribution in [3.63, 3.8) is 0 Å². The summed E-state index contributed by atoms with van der Waals surface area (Å²) in [7, 11) is 0. The van der Waals surface area contributed by atoms with E-state index in [1.807, 2.05) is 0 Å². The summed E-state index contributed by atoms with van der Waals surface area (Å²) >= 11 is 0. The first-order chi connectivity index (χ1) is 16.6. The highest BCUT2D eigenvalue weighted by molar-refractivity contribution is 6.10. The van der Waals surface area contributed by atoms with Crippen molar-refractivity contribution in [2.45, 2.75) is 58.5 Å². The monoisotopic (exact) mass is 492 g/mol. The van der Waals surface area contributed by atoms with Crippen LogP contribution in [0.4, 0.5) is 13.2 Å². The minimum atomic E-state index is -4.70. The highest BCUT2D eigenvalue weighted by Crippen LogP contribution is 2.37. The lowest BCUT2D eigenvalue weighted by molar-refractivity contribution is -0.0925. The van der Waals surface area contributed by atoms with Gasteiger partial charge in [-0.3, -0.25) is 10.4 Å². The average Bonchev–Trinajstić information content (AvgIpc) is 3.10. The number of halogens is 3. The number of allylic oxidation sites excluding steroid dienone is 2. The summed E-state index contributed by atoms with van der Waals surface area (Å²) in [6, 6.07) is 16.2. The van der Waals surface area contributed by atoms with Crippen LogP contribution in [0.3, 0.4) is 0 Å². The molecule has 0 aliphatic carbocycles. The van der Waals surface area contributed by atoms with E-state index in [-0.39, 0.29) is 16.5 Å². The summed E-state index contributed by atoms with van der Waals surface area (Å²) in [5.74, 6) is 0. The normalized spacial score (nSPS) is 13.5. The third kappa shape index (κ3) is 4.74. The minimum Gasteiger partial charge on any atom is -0.395 e. The molecule has 0 spiro atoms. The molecule has 0 fully saturated rings. The zero-order chi connectivity index (χ0) is 26.6. The lowest BCUT2D eigenvalue weighted by atomic mass is 9.85. The topological polar surface area (TPSA) is 67.7 Å². The van der Waals surface area contributed by atoms with Crippen LogP contribution < -0.4 is 5.73 Å². The van der Waals surface area contributed by atoms with Gasteiger partial charge in [0.25, 0.3) is 0 Å². The standard InChI is InChI=1S/C29H31F3N4/c1-27(2,3)17-7-9-24-20(13-17)21-14-18(28(4,5)6)8-10-25(21)36(24)19-11-12-35-23(15-19)22(33)16-26(34)29(30,31)32/h7-16,33H,34H2,1-6H3. The fourth-order valence-corrected chi connectivity index (χ4v) is 4.25. The van der Waals surface area contributed by atoms with E-state index in [1.165, 1.54) is 17.3 Å². The second kappa shape index (κ2) is 8.50. The zero-order valence-electron chi connectivity index (χ0n) is 21.4. The third-order valence-corrected chi connectivity index (χ3v) is 6.40. The van der Waals surface area contributed by atoms with Gasteiger partial charge in [0.2, 0.25) is 0 Å². The van der Waals surface area contributed by atoms with Gasteiger partial charge in [-0.2, -0.15) is 13.2 Å². The van der Waals surface area contributed by atoms with Crippen molar-refractivity contribution in [1.29, 1.82) is 5.41 Å². The molecule has 36 heavy (non-hydrogen) atoms. The second-order valence-corrected chi connectivity index (χ2v) is 11.2. The highest BCUT2D eigenvalue weighted by atomic mass is 19.4. The Bertz CT molecular complexity index is 1440. The van der Waals surface area contributed by atoms with Gasteiger partial charge in [0.1, 0.15) is 5.70 Å². The third-order valence-electron chi connectivity index (χ3n) is 6.40. The molecule has 2 heterocycles. The number of rotatable bonds is 3. The van der Waals surface area contributed by atoms with E-state index in [0.717, 1.165) is 21.8 Å². The molecule has 7 heteroatoms. The molecular formula is C29H31F3N4. The van der Waals surface area contributed by atoms with Crippen LogP contribution in [0.2, 0.25) is 0 Å². The molecule has 0 amide bonds. The van der Waals surface area contributed by atoms with Gasteiger partial charge in [-0.05, 0) is 64.4 Å². The average molecular weight is 493 g/mol. The van der Waals surface area contributed by atoms with Crippen molar-refractivity contribution in [2.75, 3.05) is 0 Å². The van der Waals surface area contributed by atoms with E-state index < -0.39 is 17.6 Å². The molecule has 0 aliphatic heterocycles. The van der Waals surface area contributed by atoms with Crippen LogP contribution in [0.15, 0.2) is 66.5 Å². The van der Waals surface area contributed by atoms with Crippen LogP contribution in [0.1, 0.15) is 58.4 Å². The first kappa shape index (κ1) is 25.5. The number of nitrogens with one attached hydrogen (secondary N) is 1. The molecule has 0 aliphatic rings. The Hall–Kier alpha value is -3.61. The van der Waals surface area contributed by atoms with Gasteiger partial charge in [0.05, 0.1) is 22.4 Å². The largest absolute Gasteiger partial charge is 0.430 e. The van der Waals surface area contributed by atoms with Gasteiger partial charge in [-0.1, -0.05) is 53.7 Å². The Balaban J connectivity index is 1.97. The van der Waals surface area contributed by atoms with Crippen molar-refractivity contribution in [3.05, 3.63) is 83.3 Å². The van der Waals surface area contributed by atoms with Gasteiger partial charge in [0.15, 0.2) is 0 Å². The number of alkyl halides is 3. The predicted molar refractivity (Wildman–Crippen MR) is 141 cm³/mol. The van der Waals surface area contributed by atoms with Gasteiger partial charge in [-0.25, -0.2) is 0 Å². The molecule has 0 atom stereocenters. The van der Waals surface area contributed by atoms with Crippen LogP contribution in [0, 0.1) is 5.41 Å². The number of pyridine rings is 1. The quantitative estimate of drug-likeness (QED) is 0.290. The SMILES string of the molecule is CC(C)(C)c1ccc2c(c1)c1cc(C(C)(C)C)ccc1n2-c1ccnc(C(=N)C=C(N)C(F)(F)F)c1. The number of fused-ring (bicyclic) bond motifs is 3. The van der Waals surface area contributed by atoms with Crippen LogP contribution in [0.25, 0.3) is 27.5 Å². The Labute approximate surface area is 209 Å². The summed E-state index contributed by atoms with van der Waals surface area (Å²) < 4.78 is 40.8. The van der Waals surface area contributed by atoms with Crippen LogP contribution in [-0.2, 0) is 10.8 Å². The van der Waals surface area contributed by atoms with Crippen LogP contribution >= 0.6 is 0 Å². The van der Waals surface area contributed by atoms with E-state index in [4.69, 9.17) is 11.1 Å². The summed E-state index contributed by atoms with van der Waals surface area (Å²) in [4.78, 5) is 4.13. The summed E-state index contributed by atoms with van der Waals surface area (Å²) in [6.07, 6.45) is -2.60. The molecule has 2 aromatic heterocycles. The maximum absolute atomic E-state index is 12.9. The number of hydrogen-bond donors (Lipinski definition) is 2. The molecule has 2 aromatic carbocycles. The maximum Gasteiger partial charge on any atom is 0.430 e. The molecule has 4 rings (SSSR count). The fraction of sp³-hybridized carbons (Fsp3) is 0.310. The van der Waals surface area contributed by atoms with Crippen molar-refractivity contribution < 1.29 is 13.2 Å². The molecule has 0 saturated carbocycles. The molecule has 3 N–H and O–H groups in total. The smallest absolute Gasteiger partial charge is 0.395 e. The lowest BCUT2D eigenvalue weighted by Gasteiger charge is -2.19. The van der Waals surface area contributed by atoms with Gasteiger partial charge in [0, 0.05) is 22.7 Å². The van der Waals surface area contributed by atoms with Gasteiger partial charge >= 0.3 is 6.18 Å². The van der Waals surface area contributed by atoms with Gasteiger partial charge in [-0.15, -0.1) is 0 Å². The molecule has 4 nitrogen and oxygen atoms in total. The molecule has 0 saturated heterocycles. The van der Waals surface area contributed by atoms with E-state index in [1.54, 1.807) is 12.1 Å². The zero-order valence-corrected chi connectivity index (χ0v) is 21.4. The number of hydrogen-bond acceptors (Lipinski definition) is 3. The lowest BCUT2D eigenvalue weighted by Crippen LogP contribution is -2.21. The summed E-state index contributed by atoms with van der Waals surface area (Å²) in [5.41, 5.74) is 8.49. The molecule has 0 unspecified atom stereocenters.